The highest BCUT2D eigenvalue weighted by atomic mass is 35.5. The van der Waals surface area contributed by atoms with Gasteiger partial charge in [0.25, 0.3) is 0 Å². The average molecular weight is 194 g/mol. The van der Waals surface area contributed by atoms with Crippen molar-refractivity contribution in [2.75, 3.05) is 0 Å². The summed E-state index contributed by atoms with van der Waals surface area (Å²) in [5.74, 6) is 4.91. The molecule has 1 heterocycles. The van der Waals surface area contributed by atoms with Crippen LogP contribution in [0, 0.1) is 0 Å². The predicted octanol–water partition coefficient (Wildman–Crippen LogP) is 1.22. The molecule has 0 spiro atoms. The Hall–Kier alpha value is -0.800. The van der Waals surface area contributed by atoms with E-state index >= 15 is 0 Å². The lowest BCUT2D eigenvalue weighted by atomic mass is 10.3. The van der Waals surface area contributed by atoms with Crippen molar-refractivity contribution in [1.82, 2.24) is 4.98 Å². The summed E-state index contributed by atoms with van der Waals surface area (Å²) in [6.07, 6.45) is 4.95. The fourth-order valence-electron chi connectivity index (χ4n) is 0.536. The van der Waals surface area contributed by atoms with Crippen molar-refractivity contribution in [3.8, 4) is 0 Å². The third-order valence-electron chi connectivity index (χ3n) is 0.930. The van der Waals surface area contributed by atoms with Crippen LogP contribution in [0.3, 0.4) is 0 Å². The van der Waals surface area contributed by atoms with Gasteiger partial charge in [0.15, 0.2) is 0 Å². The highest BCUT2D eigenvalue weighted by molar-refractivity contribution is 5.85. The smallest absolute Gasteiger partial charge is 0.0539 e. The van der Waals surface area contributed by atoms with E-state index in [-0.39, 0.29) is 24.8 Å². The van der Waals surface area contributed by atoms with Crippen molar-refractivity contribution in [2.24, 2.45) is 10.9 Å². The molecular formula is C6H9Cl2N3. The SMILES string of the molecule is Cl.Cl.NN=Cc1ccncc1. The van der Waals surface area contributed by atoms with E-state index in [9.17, 15) is 0 Å². The monoisotopic (exact) mass is 193 g/mol. The first kappa shape index (κ1) is 12.8. The van der Waals surface area contributed by atoms with Crippen LogP contribution in [0.15, 0.2) is 29.6 Å². The molecule has 0 radical (unpaired) electrons. The molecule has 0 atom stereocenters. The molecule has 5 heteroatoms. The van der Waals surface area contributed by atoms with Crippen molar-refractivity contribution in [3.05, 3.63) is 30.1 Å². The molecule has 1 rings (SSSR count). The molecule has 0 saturated carbocycles. The number of hydrogen-bond donors (Lipinski definition) is 1. The quantitative estimate of drug-likeness (QED) is 0.415. The lowest BCUT2D eigenvalue weighted by Gasteiger charge is -1.85. The number of halogens is 2. The molecule has 0 fully saturated rings. The highest BCUT2D eigenvalue weighted by Crippen LogP contribution is 1.88. The van der Waals surface area contributed by atoms with Gasteiger partial charge in [-0.3, -0.25) is 4.98 Å². The fraction of sp³-hybridized carbons (Fsp3) is 0. The van der Waals surface area contributed by atoms with E-state index in [1.165, 1.54) is 0 Å². The molecule has 0 aliphatic rings. The zero-order chi connectivity index (χ0) is 6.53. The summed E-state index contributed by atoms with van der Waals surface area (Å²) < 4.78 is 0. The number of aromatic nitrogens is 1. The van der Waals surface area contributed by atoms with Crippen LogP contribution in [0.1, 0.15) is 5.56 Å². The number of hydrazone groups is 1. The van der Waals surface area contributed by atoms with E-state index in [2.05, 4.69) is 10.1 Å². The van der Waals surface area contributed by atoms with Crippen molar-refractivity contribution >= 4 is 31.0 Å². The Morgan fingerprint density at radius 1 is 1.27 bits per heavy atom. The minimum atomic E-state index is 0. The third kappa shape index (κ3) is 4.58. The summed E-state index contributed by atoms with van der Waals surface area (Å²) in [6.45, 7) is 0. The molecular weight excluding hydrogens is 185 g/mol. The molecule has 1 aromatic heterocycles. The van der Waals surface area contributed by atoms with Crippen LogP contribution in [-0.2, 0) is 0 Å². The molecule has 11 heavy (non-hydrogen) atoms. The van der Waals surface area contributed by atoms with Crippen LogP contribution in [0.25, 0.3) is 0 Å². The standard InChI is InChI=1S/C6H7N3.2ClH/c7-9-5-6-1-3-8-4-2-6;;/h1-5H,7H2;2*1H. The largest absolute Gasteiger partial charge is 0.323 e. The molecule has 0 amide bonds. The van der Waals surface area contributed by atoms with Gasteiger partial charge in [-0.25, -0.2) is 0 Å². The normalized spacial score (nSPS) is 8.36. The summed E-state index contributed by atoms with van der Waals surface area (Å²) in [6, 6.07) is 3.66. The van der Waals surface area contributed by atoms with Crippen LogP contribution >= 0.6 is 24.8 Å². The van der Waals surface area contributed by atoms with Gasteiger partial charge in [-0.1, -0.05) is 0 Å². The van der Waals surface area contributed by atoms with Gasteiger partial charge in [0.05, 0.1) is 6.21 Å². The zero-order valence-electron chi connectivity index (χ0n) is 5.68. The summed E-state index contributed by atoms with van der Waals surface area (Å²) in [5.41, 5.74) is 0.965. The lowest BCUT2D eigenvalue weighted by molar-refractivity contribution is 1.26. The Morgan fingerprint density at radius 2 is 1.82 bits per heavy atom. The van der Waals surface area contributed by atoms with E-state index in [1.54, 1.807) is 18.6 Å². The topological polar surface area (TPSA) is 51.3 Å². The second-order valence-corrected chi connectivity index (χ2v) is 1.56. The number of nitrogens with two attached hydrogens (primary N) is 1. The van der Waals surface area contributed by atoms with Crippen LogP contribution in [0.4, 0.5) is 0 Å². The number of hydrogen-bond acceptors (Lipinski definition) is 3. The van der Waals surface area contributed by atoms with Crippen LogP contribution < -0.4 is 5.84 Å². The maximum Gasteiger partial charge on any atom is 0.0539 e. The molecule has 0 saturated heterocycles. The first-order valence-corrected chi connectivity index (χ1v) is 2.57. The van der Waals surface area contributed by atoms with Gasteiger partial charge in [-0.05, 0) is 17.7 Å². The zero-order valence-corrected chi connectivity index (χ0v) is 7.31. The molecule has 0 aliphatic carbocycles. The predicted molar refractivity (Wildman–Crippen MR) is 50.5 cm³/mol. The van der Waals surface area contributed by atoms with Crippen LogP contribution in [0.2, 0.25) is 0 Å². The van der Waals surface area contributed by atoms with Gasteiger partial charge in [0, 0.05) is 12.4 Å². The van der Waals surface area contributed by atoms with Gasteiger partial charge < -0.3 is 5.84 Å². The average Bonchev–Trinajstić information content (AvgIpc) is 1.91. The molecule has 62 valence electrons. The van der Waals surface area contributed by atoms with Crippen LogP contribution in [-0.4, -0.2) is 11.2 Å². The van der Waals surface area contributed by atoms with E-state index in [0.717, 1.165) is 5.56 Å². The van der Waals surface area contributed by atoms with Crippen molar-refractivity contribution in [2.45, 2.75) is 0 Å². The van der Waals surface area contributed by atoms with E-state index in [1.807, 2.05) is 12.1 Å². The summed E-state index contributed by atoms with van der Waals surface area (Å²) in [7, 11) is 0. The van der Waals surface area contributed by atoms with Crippen molar-refractivity contribution < 1.29 is 0 Å². The second kappa shape index (κ2) is 7.31. The Labute approximate surface area is 77.5 Å². The lowest BCUT2D eigenvalue weighted by Crippen LogP contribution is -1.85. The fourth-order valence-corrected chi connectivity index (χ4v) is 0.536. The Balaban J connectivity index is 0. The molecule has 0 aromatic carbocycles. The van der Waals surface area contributed by atoms with Gasteiger partial charge in [-0.15, -0.1) is 24.8 Å². The van der Waals surface area contributed by atoms with Gasteiger partial charge in [-0.2, -0.15) is 5.10 Å². The summed E-state index contributed by atoms with van der Waals surface area (Å²) in [5, 5.41) is 3.35. The highest BCUT2D eigenvalue weighted by Gasteiger charge is 1.80. The van der Waals surface area contributed by atoms with Crippen molar-refractivity contribution in [1.29, 1.82) is 0 Å². The third-order valence-corrected chi connectivity index (χ3v) is 0.930. The molecule has 0 bridgehead atoms. The maximum atomic E-state index is 4.91. The van der Waals surface area contributed by atoms with E-state index < -0.39 is 0 Å². The molecule has 1 aromatic rings. The minimum absolute atomic E-state index is 0. The Kier molecular flexibility index (Phi) is 8.53. The van der Waals surface area contributed by atoms with Gasteiger partial charge in [0.2, 0.25) is 0 Å². The number of nitrogens with zero attached hydrogens (tertiary/aromatic N) is 2. The molecule has 3 nitrogen and oxygen atoms in total. The summed E-state index contributed by atoms with van der Waals surface area (Å²) in [4.78, 5) is 3.83. The Bertz CT molecular complexity index is 200. The first-order valence-electron chi connectivity index (χ1n) is 2.57. The van der Waals surface area contributed by atoms with Crippen LogP contribution in [0.5, 0.6) is 0 Å². The first-order chi connectivity index (χ1) is 4.43. The van der Waals surface area contributed by atoms with Gasteiger partial charge in [0.1, 0.15) is 0 Å². The minimum Gasteiger partial charge on any atom is -0.323 e. The van der Waals surface area contributed by atoms with E-state index in [4.69, 9.17) is 5.84 Å². The Morgan fingerprint density at radius 3 is 2.27 bits per heavy atom. The number of rotatable bonds is 1. The molecule has 2 N–H and O–H groups in total. The van der Waals surface area contributed by atoms with E-state index in [0.29, 0.717) is 0 Å². The molecule has 0 aliphatic heterocycles. The second-order valence-electron chi connectivity index (χ2n) is 1.56. The van der Waals surface area contributed by atoms with Crippen molar-refractivity contribution in [3.63, 3.8) is 0 Å². The van der Waals surface area contributed by atoms with Gasteiger partial charge >= 0.3 is 0 Å². The summed E-state index contributed by atoms with van der Waals surface area (Å²) >= 11 is 0. The maximum absolute atomic E-state index is 4.91. The molecule has 0 unspecified atom stereocenters. The number of pyridine rings is 1.